The smallest absolute Gasteiger partial charge is 0.0517 e. The molecular weight excluding hydrogens is 208 g/mol. The van der Waals surface area contributed by atoms with Gasteiger partial charge in [0.1, 0.15) is 0 Å². The number of alkyl halides is 1. The van der Waals surface area contributed by atoms with Crippen LogP contribution in [0.15, 0.2) is 0 Å². The Morgan fingerprint density at radius 1 is 1.20 bits per heavy atom. The minimum atomic E-state index is -0.223. The highest BCUT2D eigenvalue weighted by Gasteiger charge is 2.23. The maximum absolute atomic E-state index is 9.37. The Labute approximate surface area is 100 Å². The number of aliphatic hydroxyl groups is 1. The Morgan fingerprint density at radius 3 is 2.27 bits per heavy atom. The van der Waals surface area contributed by atoms with E-state index in [9.17, 15) is 5.11 Å². The fourth-order valence-electron chi connectivity index (χ4n) is 2.20. The van der Waals surface area contributed by atoms with Crippen LogP contribution in [-0.2, 0) is 0 Å². The highest BCUT2D eigenvalue weighted by Crippen LogP contribution is 2.31. The normalized spacial score (nSPS) is 16.4. The van der Waals surface area contributed by atoms with Gasteiger partial charge in [0, 0.05) is 5.38 Å². The van der Waals surface area contributed by atoms with Crippen molar-refractivity contribution in [1.29, 1.82) is 0 Å². The van der Waals surface area contributed by atoms with Crippen LogP contribution in [-0.4, -0.2) is 16.6 Å². The summed E-state index contributed by atoms with van der Waals surface area (Å²) in [5, 5.41) is 9.64. The van der Waals surface area contributed by atoms with Gasteiger partial charge in [0.05, 0.1) is 6.10 Å². The van der Waals surface area contributed by atoms with Crippen molar-refractivity contribution in [1.82, 2.24) is 0 Å². The third kappa shape index (κ3) is 9.19. The second kappa shape index (κ2) is 7.51. The molecule has 0 bridgehead atoms. The number of rotatable bonds is 8. The fourth-order valence-corrected chi connectivity index (χ4v) is 2.77. The van der Waals surface area contributed by atoms with E-state index in [2.05, 4.69) is 20.8 Å². The predicted octanol–water partition coefficient (Wildman–Crippen LogP) is 4.36. The van der Waals surface area contributed by atoms with E-state index in [1.807, 2.05) is 6.92 Å². The molecular formula is C13H27ClO. The summed E-state index contributed by atoms with van der Waals surface area (Å²) in [5.41, 5.74) is 0.160. The maximum atomic E-state index is 9.37. The molecule has 0 fully saturated rings. The predicted molar refractivity (Wildman–Crippen MR) is 68.5 cm³/mol. The SMILES string of the molecule is CCCCCC(Cl)CC(C)(C)CC(C)O. The molecule has 0 aliphatic heterocycles. The van der Waals surface area contributed by atoms with E-state index >= 15 is 0 Å². The van der Waals surface area contributed by atoms with Crippen molar-refractivity contribution in [3.63, 3.8) is 0 Å². The lowest BCUT2D eigenvalue weighted by Gasteiger charge is -2.28. The zero-order valence-electron chi connectivity index (χ0n) is 10.7. The number of aliphatic hydroxyl groups excluding tert-OH is 1. The summed E-state index contributed by atoms with van der Waals surface area (Å²) in [6.07, 6.45) is 6.49. The van der Waals surface area contributed by atoms with Crippen molar-refractivity contribution in [3.05, 3.63) is 0 Å². The van der Waals surface area contributed by atoms with Gasteiger partial charge in [-0.3, -0.25) is 0 Å². The minimum Gasteiger partial charge on any atom is -0.393 e. The van der Waals surface area contributed by atoms with E-state index in [-0.39, 0.29) is 16.9 Å². The zero-order chi connectivity index (χ0) is 11.9. The molecule has 0 amide bonds. The molecule has 0 radical (unpaired) electrons. The van der Waals surface area contributed by atoms with Crippen LogP contribution < -0.4 is 0 Å². The van der Waals surface area contributed by atoms with Crippen molar-refractivity contribution in [2.45, 2.75) is 77.7 Å². The first kappa shape index (κ1) is 15.2. The van der Waals surface area contributed by atoms with E-state index in [0.717, 1.165) is 19.3 Å². The quantitative estimate of drug-likeness (QED) is 0.489. The lowest BCUT2D eigenvalue weighted by molar-refractivity contribution is 0.123. The minimum absolute atomic E-state index is 0.160. The first-order valence-corrected chi connectivity index (χ1v) is 6.63. The van der Waals surface area contributed by atoms with Gasteiger partial charge < -0.3 is 5.11 Å². The third-order valence-electron chi connectivity index (χ3n) is 2.74. The van der Waals surface area contributed by atoms with Gasteiger partial charge in [-0.15, -0.1) is 11.6 Å². The lowest BCUT2D eigenvalue weighted by atomic mass is 9.81. The average molecular weight is 235 g/mol. The first-order chi connectivity index (χ1) is 6.87. The van der Waals surface area contributed by atoms with Crippen molar-refractivity contribution in [2.24, 2.45) is 5.41 Å². The Balaban J connectivity index is 3.77. The van der Waals surface area contributed by atoms with E-state index in [0.29, 0.717) is 0 Å². The van der Waals surface area contributed by atoms with Crippen molar-refractivity contribution < 1.29 is 5.11 Å². The molecule has 0 spiro atoms. The number of hydrogen-bond acceptors (Lipinski definition) is 1. The Morgan fingerprint density at radius 2 is 1.80 bits per heavy atom. The summed E-state index contributed by atoms with van der Waals surface area (Å²) >= 11 is 6.30. The number of hydrogen-bond donors (Lipinski definition) is 1. The summed E-state index contributed by atoms with van der Waals surface area (Å²) in [6.45, 7) is 8.44. The van der Waals surface area contributed by atoms with Gasteiger partial charge >= 0.3 is 0 Å². The molecule has 0 aliphatic rings. The number of unbranched alkanes of at least 4 members (excludes halogenated alkanes) is 2. The van der Waals surface area contributed by atoms with Gasteiger partial charge in [-0.05, 0) is 31.6 Å². The van der Waals surface area contributed by atoms with Gasteiger partial charge in [-0.1, -0.05) is 40.0 Å². The molecule has 2 atom stereocenters. The van der Waals surface area contributed by atoms with Crippen molar-refractivity contribution in [2.75, 3.05) is 0 Å². The molecule has 0 saturated heterocycles. The maximum Gasteiger partial charge on any atom is 0.0517 e. The van der Waals surface area contributed by atoms with Crippen LogP contribution in [0.2, 0.25) is 0 Å². The molecule has 15 heavy (non-hydrogen) atoms. The molecule has 0 aromatic rings. The van der Waals surface area contributed by atoms with Crippen LogP contribution in [0.1, 0.15) is 66.2 Å². The molecule has 2 heteroatoms. The van der Waals surface area contributed by atoms with E-state index in [1.165, 1.54) is 19.3 Å². The van der Waals surface area contributed by atoms with Crippen LogP contribution >= 0.6 is 11.6 Å². The molecule has 0 aromatic heterocycles. The van der Waals surface area contributed by atoms with Crippen LogP contribution in [0.25, 0.3) is 0 Å². The standard InChI is InChI=1S/C13H27ClO/c1-5-6-7-8-12(14)10-13(3,4)9-11(2)15/h11-12,15H,5-10H2,1-4H3. The van der Waals surface area contributed by atoms with Crippen LogP contribution in [0.5, 0.6) is 0 Å². The molecule has 0 heterocycles. The summed E-state index contributed by atoms with van der Waals surface area (Å²) in [4.78, 5) is 0. The van der Waals surface area contributed by atoms with Crippen molar-refractivity contribution in [3.8, 4) is 0 Å². The molecule has 2 unspecified atom stereocenters. The summed E-state index contributed by atoms with van der Waals surface area (Å²) in [5.74, 6) is 0. The Bertz CT molecular complexity index is 155. The molecule has 0 saturated carbocycles. The summed E-state index contributed by atoms with van der Waals surface area (Å²) in [6, 6.07) is 0. The molecule has 0 aliphatic carbocycles. The number of halogens is 1. The largest absolute Gasteiger partial charge is 0.393 e. The second-order valence-electron chi connectivity index (χ2n) is 5.51. The van der Waals surface area contributed by atoms with Crippen LogP contribution in [0.3, 0.4) is 0 Å². The lowest BCUT2D eigenvalue weighted by Crippen LogP contribution is -2.22. The van der Waals surface area contributed by atoms with Crippen LogP contribution in [0, 0.1) is 5.41 Å². The summed E-state index contributed by atoms with van der Waals surface area (Å²) in [7, 11) is 0. The topological polar surface area (TPSA) is 20.2 Å². The van der Waals surface area contributed by atoms with Gasteiger partial charge in [0.25, 0.3) is 0 Å². The van der Waals surface area contributed by atoms with Gasteiger partial charge in [0.15, 0.2) is 0 Å². The van der Waals surface area contributed by atoms with E-state index in [4.69, 9.17) is 11.6 Å². The van der Waals surface area contributed by atoms with E-state index in [1.54, 1.807) is 0 Å². The second-order valence-corrected chi connectivity index (χ2v) is 6.13. The molecule has 92 valence electrons. The van der Waals surface area contributed by atoms with Gasteiger partial charge in [-0.25, -0.2) is 0 Å². The molecule has 1 N–H and O–H groups in total. The molecule has 1 nitrogen and oxygen atoms in total. The highest BCUT2D eigenvalue weighted by atomic mass is 35.5. The van der Waals surface area contributed by atoms with Gasteiger partial charge in [0.2, 0.25) is 0 Å². The summed E-state index contributed by atoms with van der Waals surface area (Å²) < 4.78 is 0. The average Bonchev–Trinajstić information content (AvgIpc) is 2.00. The Kier molecular flexibility index (Phi) is 7.64. The Hall–Kier alpha value is 0.250. The van der Waals surface area contributed by atoms with E-state index < -0.39 is 0 Å². The monoisotopic (exact) mass is 234 g/mol. The molecule has 0 rings (SSSR count). The van der Waals surface area contributed by atoms with Gasteiger partial charge in [-0.2, -0.15) is 0 Å². The van der Waals surface area contributed by atoms with Crippen molar-refractivity contribution >= 4 is 11.6 Å². The highest BCUT2D eigenvalue weighted by molar-refractivity contribution is 6.20. The first-order valence-electron chi connectivity index (χ1n) is 6.19. The molecule has 0 aromatic carbocycles. The third-order valence-corrected chi connectivity index (χ3v) is 3.12. The fraction of sp³-hybridized carbons (Fsp3) is 1.00. The van der Waals surface area contributed by atoms with Crippen LogP contribution in [0.4, 0.5) is 0 Å². The zero-order valence-corrected chi connectivity index (χ0v) is 11.5.